The van der Waals surface area contributed by atoms with Crippen LogP contribution < -0.4 is 9.64 Å². The van der Waals surface area contributed by atoms with E-state index in [0.717, 1.165) is 51.5 Å². The maximum atomic E-state index is 17.6. The predicted octanol–water partition coefficient (Wildman–Crippen LogP) is 8.30. The van der Waals surface area contributed by atoms with Crippen molar-refractivity contribution in [1.29, 1.82) is 0 Å². The highest BCUT2D eigenvalue weighted by Crippen LogP contribution is 2.48. The Bertz CT molecular complexity index is 2260. The van der Waals surface area contributed by atoms with Crippen LogP contribution >= 0.6 is 0 Å². The van der Waals surface area contributed by atoms with Crippen LogP contribution in [0.4, 0.5) is 23.8 Å². The second-order valence-corrected chi connectivity index (χ2v) is 17.2. The van der Waals surface area contributed by atoms with Gasteiger partial charge in [-0.05, 0) is 96.1 Å². The molecule has 4 fully saturated rings. The van der Waals surface area contributed by atoms with Gasteiger partial charge in [0, 0.05) is 23.5 Å². The van der Waals surface area contributed by atoms with Crippen molar-refractivity contribution in [1.82, 2.24) is 24.8 Å². The molecule has 6 atom stereocenters. The number of alkyl halides is 1. The van der Waals surface area contributed by atoms with Gasteiger partial charge in [-0.3, -0.25) is 9.80 Å². The number of amides is 1. The summed E-state index contributed by atoms with van der Waals surface area (Å²) in [4.78, 5) is 35.1. The third-order valence-electron chi connectivity index (χ3n) is 12.9. The Morgan fingerprint density at radius 3 is 2.62 bits per heavy atom. The number of piperazine rings is 1. The molecule has 7 heterocycles. The molecule has 2 aromatic carbocycles. The molecule has 0 radical (unpaired) electrons. The highest BCUT2D eigenvalue weighted by Gasteiger charge is 2.52. The molecule has 4 saturated heterocycles. The fourth-order valence-corrected chi connectivity index (χ4v) is 10.4. The van der Waals surface area contributed by atoms with E-state index in [9.17, 15) is 9.18 Å². The lowest BCUT2D eigenvalue weighted by Crippen LogP contribution is -2.62. The molecular formula is C43H47F3N6O3. The lowest BCUT2D eigenvalue weighted by Gasteiger charge is -2.48. The zero-order valence-corrected chi connectivity index (χ0v) is 31.9. The molecule has 5 aliphatic rings. The van der Waals surface area contributed by atoms with Gasteiger partial charge in [-0.15, -0.1) is 6.42 Å². The van der Waals surface area contributed by atoms with Gasteiger partial charge in [0.2, 0.25) is 0 Å². The number of fused-ring (bicyclic) bond motifs is 7. The molecule has 0 saturated carbocycles. The Kier molecular flexibility index (Phi) is 8.68. The monoisotopic (exact) mass is 752 g/mol. The molecule has 2 aromatic heterocycles. The Balaban J connectivity index is 1.22. The average Bonchev–Trinajstić information content (AvgIpc) is 3.83. The zero-order valence-electron chi connectivity index (χ0n) is 31.9. The second kappa shape index (κ2) is 13.2. The first-order chi connectivity index (χ1) is 26.4. The Labute approximate surface area is 319 Å². The number of ether oxygens (including phenoxy) is 2. The molecule has 4 aromatic rings. The topological polar surface area (TPSA) is 83.9 Å². The second-order valence-electron chi connectivity index (χ2n) is 17.2. The predicted molar refractivity (Wildman–Crippen MR) is 205 cm³/mol. The Morgan fingerprint density at radius 1 is 1.02 bits per heavy atom. The molecule has 0 aliphatic carbocycles. The van der Waals surface area contributed by atoms with E-state index in [-0.39, 0.29) is 71.1 Å². The van der Waals surface area contributed by atoms with Crippen molar-refractivity contribution in [2.75, 3.05) is 31.3 Å². The first kappa shape index (κ1) is 36.0. The van der Waals surface area contributed by atoms with Gasteiger partial charge in [0.1, 0.15) is 41.7 Å². The van der Waals surface area contributed by atoms with E-state index in [2.05, 4.69) is 22.6 Å². The molecule has 288 valence electrons. The lowest BCUT2D eigenvalue weighted by atomic mass is 9.88. The lowest BCUT2D eigenvalue weighted by molar-refractivity contribution is 0.00692. The number of nitrogens with zero attached hydrogens (tertiary/aromatic N) is 6. The summed E-state index contributed by atoms with van der Waals surface area (Å²) in [7, 11) is 0. The molecule has 1 amide bonds. The van der Waals surface area contributed by atoms with Gasteiger partial charge in [0.15, 0.2) is 5.82 Å². The van der Waals surface area contributed by atoms with E-state index in [1.165, 1.54) is 6.07 Å². The first-order valence-electron chi connectivity index (χ1n) is 19.7. The summed E-state index contributed by atoms with van der Waals surface area (Å²) in [6.07, 6.45) is 12.0. The molecule has 0 N–H and O–H groups in total. The summed E-state index contributed by atoms with van der Waals surface area (Å²) in [5, 5.41) is 1.59. The zero-order chi connectivity index (χ0) is 38.4. The van der Waals surface area contributed by atoms with E-state index in [1.54, 1.807) is 18.2 Å². The van der Waals surface area contributed by atoms with Crippen LogP contribution in [-0.2, 0) is 4.74 Å². The van der Waals surface area contributed by atoms with E-state index in [4.69, 9.17) is 30.8 Å². The molecule has 0 unspecified atom stereocenters. The third-order valence-corrected chi connectivity index (χ3v) is 12.9. The number of hydrogen-bond acceptors (Lipinski definition) is 8. The Hall–Kier alpha value is -4.63. The summed E-state index contributed by atoms with van der Waals surface area (Å²) in [5.41, 5.74) is 0.201. The molecule has 12 heteroatoms. The van der Waals surface area contributed by atoms with Crippen molar-refractivity contribution in [3.8, 4) is 29.6 Å². The number of halogens is 3. The van der Waals surface area contributed by atoms with Crippen LogP contribution in [0.1, 0.15) is 96.2 Å². The van der Waals surface area contributed by atoms with Crippen molar-refractivity contribution in [3.63, 3.8) is 0 Å². The van der Waals surface area contributed by atoms with E-state index < -0.39 is 23.9 Å². The fraction of sp³-hybridized carbons (Fsp3) is 0.535. The number of carbonyl (C=O) groups excluding carboxylic acids is 1. The first-order valence-corrected chi connectivity index (χ1v) is 19.7. The van der Waals surface area contributed by atoms with Gasteiger partial charge in [-0.1, -0.05) is 37.1 Å². The summed E-state index contributed by atoms with van der Waals surface area (Å²) in [6.45, 7) is 8.85. The van der Waals surface area contributed by atoms with Gasteiger partial charge in [0.05, 0.1) is 40.3 Å². The average molecular weight is 753 g/mol. The standard InChI is InChI=1S/C43H47F3N6O3/c1-6-28-30(45)14-12-25-9-7-10-29(33(25)28)37-35(46)38-34-36(47-37)24(2)11-15-31-32-16-13-27(52(32)41(53)55-42(3,4)5)22-50(31)39(34)49-40(48-38)54-23-43-18-8-20-51(43)26(21-44)17-19-43/h1,7,9-10,12,14,24,26-27,31-32H,8,11,13,15-23H2,2-5H3/t24-,26+,27-,31-,32+,43+/m1/s1. The number of carbonyl (C=O) groups is 1. The number of rotatable bonds is 5. The minimum Gasteiger partial charge on any atom is -0.461 e. The number of pyridine rings is 1. The largest absolute Gasteiger partial charge is 0.461 e. The van der Waals surface area contributed by atoms with Crippen LogP contribution in [0.2, 0.25) is 0 Å². The van der Waals surface area contributed by atoms with Gasteiger partial charge in [-0.2, -0.15) is 9.97 Å². The fourth-order valence-electron chi connectivity index (χ4n) is 10.4. The number of aromatic nitrogens is 3. The summed E-state index contributed by atoms with van der Waals surface area (Å²) >= 11 is 0. The summed E-state index contributed by atoms with van der Waals surface area (Å²) in [6, 6.07) is 7.83. The number of anilines is 1. The summed E-state index contributed by atoms with van der Waals surface area (Å²) < 4.78 is 59.2. The van der Waals surface area contributed by atoms with Crippen molar-refractivity contribution < 1.29 is 27.4 Å². The van der Waals surface area contributed by atoms with Crippen LogP contribution in [0.15, 0.2) is 30.3 Å². The minimum atomic E-state index is -0.675. The highest BCUT2D eigenvalue weighted by atomic mass is 19.1. The van der Waals surface area contributed by atoms with Crippen LogP contribution in [0.3, 0.4) is 0 Å². The molecule has 55 heavy (non-hydrogen) atoms. The van der Waals surface area contributed by atoms with Crippen molar-refractivity contribution in [3.05, 3.63) is 53.2 Å². The molecule has 0 spiro atoms. The quantitative estimate of drug-likeness (QED) is 0.189. The van der Waals surface area contributed by atoms with E-state index in [0.29, 0.717) is 46.2 Å². The van der Waals surface area contributed by atoms with E-state index >= 15 is 8.78 Å². The smallest absolute Gasteiger partial charge is 0.410 e. The van der Waals surface area contributed by atoms with Crippen LogP contribution in [0.5, 0.6) is 6.01 Å². The number of benzene rings is 2. The number of hydrogen-bond donors (Lipinski definition) is 0. The SMILES string of the molecule is C#Cc1c(F)ccc2cccc(-c3nc4c5c(nc(OC[C@@]67CCCN6[C@H](CF)CC7)nc5c3F)N3C[C@H]5CC[C@@H]([C@H]3CC[C@H]4C)N5C(=O)OC(C)(C)C)c12. The highest BCUT2D eigenvalue weighted by molar-refractivity contribution is 6.03. The van der Waals surface area contributed by atoms with Gasteiger partial charge < -0.3 is 14.4 Å². The Morgan fingerprint density at radius 2 is 1.84 bits per heavy atom. The maximum Gasteiger partial charge on any atom is 0.410 e. The van der Waals surface area contributed by atoms with E-state index in [1.807, 2.05) is 31.7 Å². The molecule has 2 bridgehead atoms. The van der Waals surface area contributed by atoms with Gasteiger partial charge >= 0.3 is 12.1 Å². The molecule has 9 nitrogen and oxygen atoms in total. The van der Waals surface area contributed by atoms with Crippen molar-refractivity contribution in [2.45, 2.75) is 120 Å². The molecular weight excluding hydrogens is 706 g/mol. The molecule has 5 aliphatic heterocycles. The summed E-state index contributed by atoms with van der Waals surface area (Å²) in [5.74, 6) is 1.63. The minimum absolute atomic E-state index is 0.0340. The maximum absolute atomic E-state index is 17.6. The van der Waals surface area contributed by atoms with Crippen LogP contribution in [0, 0.1) is 24.0 Å². The third kappa shape index (κ3) is 5.79. The normalized spacial score (nSPS) is 27.5. The van der Waals surface area contributed by atoms with Crippen LogP contribution in [0.25, 0.3) is 32.9 Å². The van der Waals surface area contributed by atoms with Crippen molar-refractivity contribution in [2.24, 2.45) is 0 Å². The van der Waals surface area contributed by atoms with Crippen molar-refractivity contribution >= 4 is 33.6 Å². The number of terminal acetylenes is 1. The van der Waals surface area contributed by atoms with Gasteiger partial charge in [0.25, 0.3) is 0 Å². The van der Waals surface area contributed by atoms with Crippen LogP contribution in [-0.4, -0.2) is 92.5 Å². The van der Waals surface area contributed by atoms with Gasteiger partial charge in [-0.25, -0.2) is 22.9 Å². The molecule has 9 rings (SSSR count).